The summed E-state index contributed by atoms with van der Waals surface area (Å²) < 4.78 is 40.1. The number of rotatable bonds is 1. The number of likely N-dealkylation sites (N-methyl/N-ethyl adjacent to an activating group) is 1. The predicted octanol–water partition coefficient (Wildman–Crippen LogP) is 1.68. The fourth-order valence-corrected chi connectivity index (χ4v) is 1.98. The second-order valence-corrected chi connectivity index (χ2v) is 3.96. The van der Waals surface area contributed by atoms with Crippen molar-refractivity contribution in [2.75, 3.05) is 26.7 Å². The molecular weight excluding hydrogens is 217 g/mol. The van der Waals surface area contributed by atoms with Crippen LogP contribution in [0.25, 0.3) is 0 Å². The van der Waals surface area contributed by atoms with Crippen molar-refractivity contribution >= 4 is 0 Å². The molecular formula is C11H13F3N2. The van der Waals surface area contributed by atoms with Gasteiger partial charge in [0, 0.05) is 25.2 Å². The van der Waals surface area contributed by atoms with Crippen molar-refractivity contribution in [1.29, 1.82) is 0 Å². The lowest BCUT2D eigenvalue weighted by atomic mass is 10.0. The van der Waals surface area contributed by atoms with Gasteiger partial charge in [-0.05, 0) is 19.2 Å². The van der Waals surface area contributed by atoms with Crippen LogP contribution in [0.1, 0.15) is 11.6 Å². The van der Waals surface area contributed by atoms with Crippen LogP contribution in [-0.2, 0) is 0 Å². The number of piperazine rings is 1. The summed E-state index contributed by atoms with van der Waals surface area (Å²) in [5.74, 6) is -2.78. The van der Waals surface area contributed by atoms with Crippen molar-refractivity contribution in [3.63, 3.8) is 0 Å². The van der Waals surface area contributed by atoms with Crippen molar-refractivity contribution < 1.29 is 13.2 Å². The third-order valence-corrected chi connectivity index (χ3v) is 2.92. The molecule has 0 spiro atoms. The first-order chi connectivity index (χ1) is 7.61. The molecule has 0 bridgehead atoms. The van der Waals surface area contributed by atoms with Gasteiger partial charge in [0.25, 0.3) is 0 Å². The average Bonchev–Trinajstić information content (AvgIpc) is 2.27. The van der Waals surface area contributed by atoms with Crippen LogP contribution in [0.5, 0.6) is 0 Å². The molecule has 1 aliphatic rings. The summed E-state index contributed by atoms with van der Waals surface area (Å²) in [6, 6.07) is 1.32. The Morgan fingerprint density at radius 1 is 1.25 bits per heavy atom. The van der Waals surface area contributed by atoms with E-state index in [1.54, 1.807) is 7.05 Å². The summed E-state index contributed by atoms with van der Waals surface area (Å²) in [5, 5.41) is 3.04. The van der Waals surface area contributed by atoms with E-state index in [-0.39, 0.29) is 5.56 Å². The highest BCUT2D eigenvalue weighted by molar-refractivity contribution is 5.25. The van der Waals surface area contributed by atoms with Crippen LogP contribution < -0.4 is 5.32 Å². The van der Waals surface area contributed by atoms with Crippen LogP contribution in [0.2, 0.25) is 0 Å². The Bertz CT molecular complexity index is 395. The van der Waals surface area contributed by atoms with Crippen LogP contribution in [-0.4, -0.2) is 31.6 Å². The van der Waals surface area contributed by atoms with Crippen LogP contribution >= 0.6 is 0 Å². The minimum atomic E-state index is -1.08. The van der Waals surface area contributed by atoms with Gasteiger partial charge >= 0.3 is 0 Å². The lowest BCUT2D eigenvalue weighted by Crippen LogP contribution is -2.44. The fraction of sp³-hybridized carbons (Fsp3) is 0.455. The Hall–Kier alpha value is -1.07. The maximum atomic E-state index is 13.6. The zero-order valence-corrected chi connectivity index (χ0v) is 8.93. The quantitative estimate of drug-likeness (QED) is 0.738. The Balaban J connectivity index is 2.42. The molecule has 1 fully saturated rings. The summed E-state index contributed by atoms with van der Waals surface area (Å²) in [6.07, 6.45) is 0. The van der Waals surface area contributed by atoms with Crippen molar-refractivity contribution in [2.24, 2.45) is 0 Å². The number of nitrogens with zero attached hydrogens (tertiary/aromatic N) is 1. The van der Waals surface area contributed by atoms with Crippen LogP contribution in [0.15, 0.2) is 12.1 Å². The van der Waals surface area contributed by atoms with Gasteiger partial charge in [-0.1, -0.05) is 0 Å². The molecule has 0 radical (unpaired) electrons. The summed E-state index contributed by atoms with van der Waals surface area (Å²) >= 11 is 0. The molecule has 0 saturated carbocycles. The van der Waals surface area contributed by atoms with Gasteiger partial charge in [0.05, 0.1) is 6.04 Å². The Morgan fingerprint density at radius 3 is 2.62 bits per heavy atom. The fourth-order valence-electron chi connectivity index (χ4n) is 1.98. The first kappa shape index (κ1) is 11.4. The van der Waals surface area contributed by atoms with Crippen molar-refractivity contribution in [3.05, 3.63) is 35.1 Å². The molecule has 2 rings (SSSR count). The van der Waals surface area contributed by atoms with Gasteiger partial charge in [-0.3, -0.25) is 4.90 Å². The minimum Gasteiger partial charge on any atom is -0.314 e. The predicted molar refractivity (Wildman–Crippen MR) is 54.6 cm³/mol. The van der Waals surface area contributed by atoms with Gasteiger partial charge in [0.2, 0.25) is 0 Å². The molecule has 0 aromatic heterocycles. The number of nitrogens with one attached hydrogen (secondary N) is 1. The second kappa shape index (κ2) is 4.43. The third-order valence-electron chi connectivity index (χ3n) is 2.92. The normalized spacial score (nSPS) is 22.4. The molecule has 16 heavy (non-hydrogen) atoms. The minimum absolute atomic E-state index is 0.185. The van der Waals surface area contributed by atoms with Crippen LogP contribution in [0.3, 0.4) is 0 Å². The lowest BCUT2D eigenvalue weighted by Gasteiger charge is -2.33. The molecule has 1 unspecified atom stereocenters. The monoisotopic (exact) mass is 230 g/mol. The Morgan fingerprint density at radius 2 is 1.94 bits per heavy atom. The van der Waals surface area contributed by atoms with Crippen LogP contribution in [0.4, 0.5) is 13.2 Å². The third kappa shape index (κ3) is 1.92. The van der Waals surface area contributed by atoms with E-state index in [0.717, 1.165) is 18.7 Å². The number of halogens is 3. The Labute approximate surface area is 92.1 Å². The molecule has 1 heterocycles. The van der Waals surface area contributed by atoms with E-state index < -0.39 is 23.5 Å². The van der Waals surface area contributed by atoms with Crippen LogP contribution in [0, 0.1) is 17.5 Å². The van der Waals surface area contributed by atoms with E-state index in [0.29, 0.717) is 13.1 Å². The molecule has 88 valence electrons. The van der Waals surface area contributed by atoms with E-state index in [1.807, 2.05) is 4.90 Å². The number of hydrogen-bond acceptors (Lipinski definition) is 2. The first-order valence-corrected chi connectivity index (χ1v) is 5.15. The van der Waals surface area contributed by atoms with E-state index in [2.05, 4.69) is 5.32 Å². The number of benzene rings is 1. The van der Waals surface area contributed by atoms with Gasteiger partial charge in [-0.15, -0.1) is 0 Å². The Kier molecular flexibility index (Phi) is 3.16. The number of hydrogen-bond donors (Lipinski definition) is 1. The SMILES string of the molecule is CN1CCNCC1c1c(F)ccc(F)c1F. The smallest absolute Gasteiger partial charge is 0.166 e. The molecule has 5 heteroatoms. The molecule has 2 nitrogen and oxygen atoms in total. The first-order valence-electron chi connectivity index (χ1n) is 5.15. The maximum Gasteiger partial charge on any atom is 0.166 e. The molecule has 1 aromatic rings. The zero-order valence-electron chi connectivity index (χ0n) is 8.93. The maximum absolute atomic E-state index is 13.6. The molecule has 0 aliphatic carbocycles. The average molecular weight is 230 g/mol. The standard InChI is InChI=1S/C11H13F3N2/c1-16-5-4-15-6-9(16)10-7(12)2-3-8(13)11(10)14/h2-3,9,15H,4-6H2,1H3. The zero-order chi connectivity index (χ0) is 11.7. The molecule has 1 saturated heterocycles. The van der Waals surface area contributed by atoms with Gasteiger partial charge in [-0.2, -0.15) is 0 Å². The summed E-state index contributed by atoms with van der Waals surface area (Å²) in [6.45, 7) is 1.87. The second-order valence-electron chi connectivity index (χ2n) is 3.96. The molecule has 1 aromatic carbocycles. The van der Waals surface area contributed by atoms with Gasteiger partial charge < -0.3 is 5.32 Å². The molecule has 1 aliphatic heterocycles. The highest BCUT2D eigenvalue weighted by atomic mass is 19.2. The lowest BCUT2D eigenvalue weighted by molar-refractivity contribution is 0.192. The highest BCUT2D eigenvalue weighted by Gasteiger charge is 2.27. The van der Waals surface area contributed by atoms with Crippen molar-refractivity contribution in [2.45, 2.75) is 6.04 Å². The molecule has 1 N–H and O–H groups in total. The largest absolute Gasteiger partial charge is 0.314 e. The van der Waals surface area contributed by atoms with Gasteiger partial charge in [0.15, 0.2) is 11.6 Å². The summed E-state index contributed by atoms with van der Waals surface area (Å²) in [4.78, 5) is 1.82. The van der Waals surface area contributed by atoms with Crippen molar-refractivity contribution in [1.82, 2.24) is 10.2 Å². The van der Waals surface area contributed by atoms with Gasteiger partial charge in [-0.25, -0.2) is 13.2 Å². The molecule has 0 amide bonds. The van der Waals surface area contributed by atoms with E-state index in [4.69, 9.17) is 0 Å². The van der Waals surface area contributed by atoms with E-state index in [1.165, 1.54) is 0 Å². The highest BCUT2D eigenvalue weighted by Crippen LogP contribution is 2.27. The van der Waals surface area contributed by atoms with Crippen molar-refractivity contribution in [3.8, 4) is 0 Å². The summed E-state index contributed by atoms with van der Waals surface area (Å²) in [5.41, 5.74) is -0.185. The van der Waals surface area contributed by atoms with Gasteiger partial charge in [0.1, 0.15) is 5.82 Å². The molecule has 1 atom stereocenters. The van der Waals surface area contributed by atoms with E-state index in [9.17, 15) is 13.2 Å². The summed E-state index contributed by atoms with van der Waals surface area (Å²) in [7, 11) is 1.77. The topological polar surface area (TPSA) is 15.3 Å². The van der Waals surface area contributed by atoms with E-state index >= 15 is 0 Å².